The maximum atomic E-state index is 10.5. The fourth-order valence-corrected chi connectivity index (χ4v) is 1.83. The molecule has 17 heavy (non-hydrogen) atoms. The summed E-state index contributed by atoms with van der Waals surface area (Å²) in [4.78, 5) is 10.5. The number of aliphatic hydroxyl groups is 1. The third-order valence-electron chi connectivity index (χ3n) is 1.96. The third kappa shape index (κ3) is 4.89. The summed E-state index contributed by atoms with van der Waals surface area (Å²) in [5, 5.41) is 17.9. The van der Waals surface area contributed by atoms with E-state index in [0.29, 0.717) is 0 Å². The van der Waals surface area contributed by atoms with Gasteiger partial charge in [-0.3, -0.25) is 0 Å². The van der Waals surface area contributed by atoms with Crippen LogP contribution in [0.25, 0.3) is 0 Å². The van der Waals surface area contributed by atoms with Gasteiger partial charge in [0.2, 0.25) is 0 Å². The van der Waals surface area contributed by atoms with Crippen molar-refractivity contribution in [2.45, 2.75) is 12.6 Å². The molecule has 0 aliphatic rings. The zero-order valence-corrected chi connectivity index (χ0v) is 9.50. The van der Waals surface area contributed by atoms with Crippen LogP contribution in [0.3, 0.4) is 0 Å². The molecule has 0 bridgehead atoms. The molecule has 1 aromatic heterocycles. The Morgan fingerprint density at radius 3 is 2.35 bits per heavy atom. The summed E-state index contributed by atoms with van der Waals surface area (Å²) >= 11 is 0. The molecule has 0 fully saturated rings. The molecule has 2 N–H and O–H groups in total. The molecule has 0 aromatic carbocycles. The molecule has 0 aliphatic heterocycles. The monoisotopic (exact) mass is 261 g/mol. The Morgan fingerprint density at radius 2 is 1.94 bits per heavy atom. The van der Waals surface area contributed by atoms with Crippen LogP contribution in [0.5, 0.6) is 0 Å². The van der Waals surface area contributed by atoms with Gasteiger partial charge in [-0.15, -0.1) is 0 Å². The van der Waals surface area contributed by atoms with Gasteiger partial charge in [-0.25, -0.2) is 17.8 Å². The van der Waals surface area contributed by atoms with Crippen LogP contribution < -0.4 is 4.57 Å². The van der Waals surface area contributed by atoms with E-state index in [0.717, 1.165) is 0 Å². The minimum atomic E-state index is -4.47. The molecule has 0 saturated carbocycles. The molecule has 0 saturated heterocycles. The molecule has 0 radical (unpaired) electrons. The SMILES string of the molecule is O=C(O)c1cc[n+](CC(O)CS(=O)(=O)[O-])cc1. The maximum Gasteiger partial charge on any atom is 0.336 e. The predicted octanol–water partition coefficient (Wildman–Crippen LogP) is -1.42. The number of hydrogen-bond acceptors (Lipinski definition) is 5. The van der Waals surface area contributed by atoms with E-state index >= 15 is 0 Å². The van der Waals surface area contributed by atoms with E-state index in [1.807, 2.05) is 0 Å². The van der Waals surface area contributed by atoms with E-state index in [1.54, 1.807) is 0 Å². The Labute approximate surface area is 97.7 Å². The van der Waals surface area contributed by atoms with E-state index in [9.17, 15) is 22.9 Å². The number of rotatable bonds is 5. The van der Waals surface area contributed by atoms with Crippen LogP contribution in [0, 0.1) is 0 Å². The normalized spacial score (nSPS) is 13.3. The van der Waals surface area contributed by atoms with Crippen LogP contribution >= 0.6 is 0 Å². The lowest BCUT2D eigenvalue weighted by molar-refractivity contribution is -0.703. The molecule has 1 rings (SSSR count). The lowest BCUT2D eigenvalue weighted by Gasteiger charge is -2.10. The van der Waals surface area contributed by atoms with Crippen molar-refractivity contribution in [3.8, 4) is 0 Å². The van der Waals surface area contributed by atoms with Crippen molar-refractivity contribution in [1.29, 1.82) is 0 Å². The number of carboxylic acid groups (broad SMARTS) is 1. The van der Waals surface area contributed by atoms with E-state index in [4.69, 9.17) is 5.11 Å². The molecule has 94 valence electrons. The van der Waals surface area contributed by atoms with Gasteiger partial charge in [0.1, 0.15) is 6.10 Å². The van der Waals surface area contributed by atoms with Crippen molar-refractivity contribution in [2.75, 3.05) is 5.75 Å². The number of carboxylic acids is 1. The van der Waals surface area contributed by atoms with Gasteiger partial charge in [-0.05, 0) is 0 Å². The number of carbonyl (C=O) groups is 1. The Morgan fingerprint density at radius 1 is 1.41 bits per heavy atom. The van der Waals surface area contributed by atoms with E-state index in [1.165, 1.54) is 29.1 Å². The average molecular weight is 261 g/mol. The largest absolute Gasteiger partial charge is 0.748 e. The number of aliphatic hydroxyl groups excluding tert-OH is 1. The van der Waals surface area contributed by atoms with Crippen LogP contribution in [0.15, 0.2) is 24.5 Å². The number of hydrogen-bond donors (Lipinski definition) is 2. The second-order valence-electron chi connectivity index (χ2n) is 3.47. The number of pyridine rings is 1. The lowest BCUT2D eigenvalue weighted by Crippen LogP contribution is -2.41. The average Bonchev–Trinajstić information content (AvgIpc) is 2.15. The minimum Gasteiger partial charge on any atom is -0.748 e. The second-order valence-corrected chi connectivity index (χ2v) is 4.92. The maximum absolute atomic E-state index is 10.5. The van der Waals surface area contributed by atoms with Crippen molar-refractivity contribution in [1.82, 2.24) is 0 Å². The van der Waals surface area contributed by atoms with Crippen LogP contribution in [-0.2, 0) is 16.7 Å². The summed E-state index contributed by atoms with van der Waals surface area (Å²) in [5.41, 5.74) is 0.0761. The zero-order chi connectivity index (χ0) is 13.1. The lowest BCUT2D eigenvalue weighted by atomic mass is 10.2. The van der Waals surface area contributed by atoms with Crippen molar-refractivity contribution < 1.29 is 32.5 Å². The van der Waals surface area contributed by atoms with E-state index in [2.05, 4.69) is 0 Å². The predicted molar refractivity (Wildman–Crippen MR) is 54.2 cm³/mol. The van der Waals surface area contributed by atoms with E-state index in [-0.39, 0.29) is 12.1 Å². The summed E-state index contributed by atoms with van der Waals surface area (Å²) in [7, 11) is -4.47. The summed E-state index contributed by atoms with van der Waals surface area (Å²) in [6.45, 7) is -0.0959. The highest BCUT2D eigenvalue weighted by Gasteiger charge is 2.14. The first kappa shape index (κ1) is 13.6. The molecule has 1 heterocycles. The standard InChI is InChI=1S/C9H11NO6S/c11-8(6-17(14,15)16)5-10-3-1-7(2-4-10)9(12)13/h1-4,8,11H,5-6H2,(H-,12,13,14,15,16). The van der Waals surface area contributed by atoms with Gasteiger partial charge in [-0.1, -0.05) is 0 Å². The van der Waals surface area contributed by atoms with Gasteiger partial charge in [0.15, 0.2) is 18.9 Å². The fraction of sp³-hybridized carbons (Fsp3) is 0.333. The molecule has 8 heteroatoms. The molecule has 0 amide bonds. The third-order valence-corrected chi connectivity index (χ3v) is 2.75. The highest BCUT2D eigenvalue weighted by molar-refractivity contribution is 7.85. The van der Waals surface area contributed by atoms with Crippen LogP contribution in [0.2, 0.25) is 0 Å². The van der Waals surface area contributed by atoms with Crippen molar-refractivity contribution in [3.05, 3.63) is 30.1 Å². The Balaban J connectivity index is 2.66. The number of nitrogens with zero attached hydrogens (tertiary/aromatic N) is 1. The first-order valence-electron chi connectivity index (χ1n) is 4.62. The van der Waals surface area contributed by atoms with Crippen LogP contribution in [-0.4, -0.2) is 41.0 Å². The van der Waals surface area contributed by atoms with Crippen LogP contribution in [0.4, 0.5) is 0 Å². The Hall–Kier alpha value is -1.51. The van der Waals surface area contributed by atoms with Crippen molar-refractivity contribution in [2.24, 2.45) is 0 Å². The summed E-state index contributed by atoms with van der Waals surface area (Å²) < 4.78 is 32.5. The minimum absolute atomic E-state index is 0.0761. The number of aromatic nitrogens is 1. The van der Waals surface area contributed by atoms with Crippen molar-refractivity contribution >= 4 is 16.1 Å². The van der Waals surface area contributed by atoms with Crippen molar-refractivity contribution in [3.63, 3.8) is 0 Å². The summed E-state index contributed by atoms with van der Waals surface area (Å²) in [5.74, 6) is -1.96. The smallest absolute Gasteiger partial charge is 0.336 e. The second kappa shape index (κ2) is 5.21. The first-order chi connectivity index (χ1) is 7.78. The van der Waals surface area contributed by atoms with Gasteiger partial charge in [0.25, 0.3) is 0 Å². The van der Waals surface area contributed by atoms with Gasteiger partial charge >= 0.3 is 5.97 Å². The van der Waals surface area contributed by atoms with Gasteiger partial charge in [-0.2, -0.15) is 0 Å². The Kier molecular flexibility index (Phi) is 4.16. The molecule has 1 atom stereocenters. The fourth-order valence-electron chi connectivity index (χ4n) is 1.25. The number of aromatic carboxylic acids is 1. The molecule has 0 aliphatic carbocycles. The first-order valence-corrected chi connectivity index (χ1v) is 6.20. The van der Waals surface area contributed by atoms with E-state index < -0.39 is 27.9 Å². The molecule has 1 unspecified atom stereocenters. The van der Waals surface area contributed by atoms with Gasteiger partial charge in [0, 0.05) is 12.1 Å². The Bertz CT molecular complexity index is 495. The summed E-state index contributed by atoms with van der Waals surface area (Å²) in [6.07, 6.45) is 1.44. The quantitative estimate of drug-likeness (QED) is 0.496. The topological polar surface area (TPSA) is 119 Å². The molecular formula is C9H11NO6S. The highest BCUT2D eigenvalue weighted by atomic mass is 32.2. The molecule has 0 spiro atoms. The van der Waals surface area contributed by atoms with Gasteiger partial charge in [0.05, 0.1) is 21.4 Å². The molecular weight excluding hydrogens is 250 g/mol. The summed E-state index contributed by atoms with van der Waals surface area (Å²) in [6, 6.07) is 2.61. The molecule has 1 aromatic rings. The van der Waals surface area contributed by atoms with Gasteiger partial charge < -0.3 is 14.8 Å². The molecule has 7 nitrogen and oxygen atoms in total. The van der Waals surface area contributed by atoms with Crippen LogP contribution in [0.1, 0.15) is 10.4 Å². The zero-order valence-electron chi connectivity index (χ0n) is 8.68. The highest BCUT2D eigenvalue weighted by Crippen LogP contribution is 1.95.